The molecule has 0 aliphatic rings. The molecule has 0 fully saturated rings. The Morgan fingerprint density at radius 2 is 1.95 bits per heavy atom. The Labute approximate surface area is 211 Å². The Kier molecular flexibility index (Phi) is 9.06. The second-order valence-corrected chi connectivity index (χ2v) is 9.81. The van der Waals surface area contributed by atoms with Crippen molar-refractivity contribution < 1.29 is 27.5 Å². The number of ether oxygens (including phenoxy) is 1. The largest absolute Gasteiger partial charge is 0.444 e. The Hall–Kier alpha value is -3.91. The number of nitrogens with zero attached hydrogens (tertiary/aromatic N) is 5. The van der Waals surface area contributed by atoms with Gasteiger partial charge in [0.25, 0.3) is 0 Å². The van der Waals surface area contributed by atoms with Crippen LogP contribution in [0.15, 0.2) is 29.2 Å². The van der Waals surface area contributed by atoms with Crippen LogP contribution < -0.4 is 16.4 Å². The molecule has 0 aliphatic heterocycles. The average molecular weight is 528 g/mol. The van der Waals surface area contributed by atoms with E-state index in [1.54, 1.807) is 34.6 Å². The van der Waals surface area contributed by atoms with Gasteiger partial charge in [0.1, 0.15) is 23.7 Å². The number of H-pyrrole nitrogens is 1. The van der Waals surface area contributed by atoms with Crippen molar-refractivity contribution in [2.45, 2.75) is 70.9 Å². The highest BCUT2D eigenvalue weighted by Gasteiger charge is 2.37. The number of nitrogens with two attached hydrogens (primary N) is 1. The molecule has 0 aliphatic carbocycles. The summed E-state index contributed by atoms with van der Waals surface area (Å²) in [6.45, 7) is 8.05. The molecular weight excluding hydrogens is 495 g/mol. The van der Waals surface area contributed by atoms with Crippen molar-refractivity contribution in [2.24, 2.45) is 10.7 Å². The maximum Gasteiger partial charge on any atom is 0.435 e. The molecule has 2 heterocycles. The van der Waals surface area contributed by atoms with Gasteiger partial charge < -0.3 is 21.1 Å². The third kappa shape index (κ3) is 8.91. The van der Waals surface area contributed by atoms with E-state index in [0.717, 1.165) is 17.1 Å². The highest BCUT2D eigenvalue weighted by atomic mass is 19.4. The molecule has 37 heavy (non-hydrogen) atoms. The summed E-state index contributed by atoms with van der Waals surface area (Å²) in [4.78, 5) is 33.4. The second-order valence-electron chi connectivity index (χ2n) is 9.81. The fourth-order valence-electron chi connectivity index (χ4n) is 3.25. The Morgan fingerprint density at radius 1 is 1.27 bits per heavy atom. The van der Waals surface area contributed by atoms with Gasteiger partial charge in [-0.2, -0.15) is 23.4 Å². The zero-order chi connectivity index (χ0) is 28.0. The first-order valence-corrected chi connectivity index (χ1v) is 11.2. The summed E-state index contributed by atoms with van der Waals surface area (Å²) in [6, 6.07) is -0.285. The predicted molar refractivity (Wildman–Crippen MR) is 129 cm³/mol. The van der Waals surface area contributed by atoms with Crippen molar-refractivity contribution in [3.05, 3.63) is 29.9 Å². The quantitative estimate of drug-likeness (QED) is 0.364. The summed E-state index contributed by atoms with van der Waals surface area (Å²) < 4.78 is 46.4. The minimum absolute atomic E-state index is 0.0156. The minimum Gasteiger partial charge on any atom is -0.444 e. The van der Waals surface area contributed by atoms with Crippen molar-refractivity contribution in [2.75, 3.05) is 7.05 Å². The first kappa shape index (κ1) is 29.3. The molecule has 2 aromatic rings. The topological polar surface area (TPSA) is 165 Å². The van der Waals surface area contributed by atoms with Gasteiger partial charge in [-0.25, -0.2) is 9.78 Å². The molecule has 5 N–H and O–H groups in total. The Bertz CT molecular complexity index is 1130. The molecule has 2 aromatic heterocycles. The number of aliphatic imine (C=N–C) groups is 1. The lowest BCUT2D eigenvalue weighted by atomic mass is 10.0. The van der Waals surface area contributed by atoms with Gasteiger partial charge in [0, 0.05) is 19.7 Å². The SMILES string of the molecule is CN=C/C(=C\N)CC(NC(=O)OC(C)(C)C)C(=O)NC(C)(C)Cn1nc(C(F)(F)F)cc1-c1ncn[nH]1. The molecule has 0 bridgehead atoms. The van der Waals surface area contributed by atoms with Gasteiger partial charge in [0.05, 0.1) is 12.1 Å². The number of nitrogens with one attached hydrogen (secondary N) is 3. The van der Waals surface area contributed by atoms with E-state index in [1.165, 1.54) is 19.5 Å². The summed E-state index contributed by atoms with van der Waals surface area (Å²) in [5.41, 5.74) is 3.06. The summed E-state index contributed by atoms with van der Waals surface area (Å²) in [5.74, 6) is -0.546. The molecule has 1 unspecified atom stereocenters. The van der Waals surface area contributed by atoms with Crippen molar-refractivity contribution >= 4 is 18.2 Å². The summed E-state index contributed by atoms with van der Waals surface area (Å²) in [7, 11) is 1.52. The number of alkyl halides is 3. The Balaban J connectivity index is 2.30. The average Bonchev–Trinajstić information content (AvgIpc) is 3.40. The monoisotopic (exact) mass is 527 g/mol. The van der Waals surface area contributed by atoms with Crippen LogP contribution in [-0.4, -0.2) is 67.4 Å². The molecule has 0 saturated carbocycles. The molecule has 0 spiro atoms. The van der Waals surface area contributed by atoms with Gasteiger partial charge in [0.2, 0.25) is 5.91 Å². The van der Waals surface area contributed by atoms with Gasteiger partial charge in [-0.3, -0.25) is 19.6 Å². The number of halogens is 3. The fraction of sp³-hybridized carbons (Fsp3) is 0.545. The lowest BCUT2D eigenvalue weighted by Gasteiger charge is -2.30. The first-order chi connectivity index (χ1) is 17.0. The third-order valence-corrected chi connectivity index (χ3v) is 4.69. The molecule has 15 heteroatoms. The van der Waals surface area contributed by atoms with Gasteiger partial charge in [-0.1, -0.05) is 0 Å². The molecule has 0 radical (unpaired) electrons. The maximum atomic E-state index is 13.4. The van der Waals surface area contributed by atoms with Crippen LogP contribution in [0.25, 0.3) is 11.5 Å². The van der Waals surface area contributed by atoms with Crippen LogP contribution in [0.5, 0.6) is 0 Å². The number of aromatic amines is 1. The number of hydrogen-bond donors (Lipinski definition) is 4. The zero-order valence-corrected chi connectivity index (χ0v) is 21.5. The van der Waals surface area contributed by atoms with E-state index < -0.39 is 41.1 Å². The molecule has 0 aromatic carbocycles. The maximum absolute atomic E-state index is 13.4. The van der Waals surface area contributed by atoms with Crippen LogP contribution in [0.4, 0.5) is 18.0 Å². The number of carbonyl (C=O) groups excluding carboxylic acids is 2. The van der Waals surface area contributed by atoms with E-state index in [4.69, 9.17) is 10.5 Å². The molecule has 2 rings (SSSR count). The normalized spacial score (nSPS) is 14.0. The molecule has 0 saturated heterocycles. The lowest BCUT2D eigenvalue weighted by Crippen LogP contribution is -2.55. The number of aromatic nitrogens is 5. The number of alkyl carbamates (subject to hydrolysis) is 1. The van der Waals surface area contributed by atoms with Crippen molar-refractivity contribution in [1.82, 2.24) is 35.6 Å². The summed E-state index contributed by atoms with van der Waals surface area (Å²) in [5, 5.41) is 15.1. The van der Waals surface area contributed by atoms with Crippen molar-refractivity contribution in [3.8, 4) is 11.5 Å². The third-order valence-electron chi connectivity index (χ3n) is 4.69. The number of carbonyl (C=O) groups is 2. The molecule has 1 atom stereocenters. The van der Waals surface area contributed by atoms with Crippen LogP contribution in [0, 0.1) is 0 Å². The smallest absolute Gasteiger partial charge is 0.435 e. The number of amides is 2. The fourth-order valence-corrected chi connectivity index (χ4v) is 3.25. The lowest BCUT2D eigenvalue weighted by molar-refractivity contribution is -0.141. The van der Waals surface area contributed by atoms with E-state index in [9.17, 15) is 22.8 Å². The molecule has 204 valence electrons. The van der Waals surface area contributed by atoms with Crippen LogP contribution in [0.2, 0.25) is 0 Å². The van der Waals surface area contributed by atoms with E-state index in [0.29, 0.717) is 5.57 Å². The van der Waals surface area contributed by atoms with Gasteiger partial charge in [-0.05, 0) is 52.5 Å². The zero-order valence-electron chi connectivity index (χ0n) is 21.5. The second kappa shape index (κ2) is 11.4. The van der Waals surface area contributed by atoms with E-state index in [-0.39, 0.29) is 24.5 Å². The first-order valence-electron chi connectivity index (χ1n) is 11.2. The highest BCUT2D eigenvalue weighted by molar-refractivity contribution is 5.88. The Morgan fingerprint density at radius 3 is 2.46 bits per heavy atom. The van der Waals surface area contributed by atoms with E-state index >= 15 is 0 Å². The number of rotatable bonds is 9. The van der Waals surface area contributed by atoms with Gasteiger partial charge in [0.15, 0.2) is 11.5 Å². The van der Waals surface area contributed by atoms with Gasteiger partial charge >= 0.3 is 12.3 Å². The summed E-state index contributed by atoms with van der Waals surface area (Å²) >= 11 is 0. The van der Waals surface area contributed by atoms with Crippen molar-refractivity contribution in [3.63, 3.8) is 0 Å². The van der Waals surface area contributed by atoms with E-state index in [1.807, 2.05) is 0 Å². The standard InChI is InChI=1S/C22H32F3N9O3/c1-20(2,3)37-19(36)30-14(7-13(9-26)10-27-6)18(35)31-21(4,5)11-34-15(17-28-12-29-32-17)8-16(33-34)22(23,24)25/h8-10,12,14H,7,11,26H2,1-6H3,(H,30,36)(H,31,35)(H,28,29,32)/b13-9-,27-10?. The van der Waals surface area contributed by atoms with Crippen LogP contribution in [0.1, 0.15) is 46.7 Å². The predicted octanol–water partition coefficient (Wildman–Crippen LogP) is 2.41. The molecule has 2 amide bonds. The highest BCUT2D eigenvalue weighted by Crippen LogP contribution is 2.31. The van der Waals surface area contributed by atoms with E-state index in [2.05, 4.69) is 35.9 Å². The molecular formula is C22H32F3N9O3. The molecule has 12 nitrogen and oxygen atoms in total. The summed E-state index contributed by atoms with van der Waals surface area (Å²) in [6.07, 6.45) is -1.69. The van der Waals surface area contributed by atoms with Crippen LogP contribution in [-0.2, 0) is 22.3 Å². The van der Waals surface area contributed by atoms with Gasteiger partial charge in [-0.15, -0.1) is 0 Å². The van der Waals surface area contributed by atoms with Crippen LogP contribution >= 0.6 is 0 Å². The van der Waals surface area contributed by atoms with Crippen molar-refractivity contribution in [1.29, 1.82) is 0 Å². The van der Waals surface area contributed by atoms with Crippen LogP contribution in [0.3, 0.4) is 0 Å². The minimum atomic E-state index is -4.69. The number of hydrogen-bond acceptors (Lipinski definition) is 8.